The minimum Gasteiger partial charge on any atom is -0.452 e. The molecule has 0 saturated carbocycles. The molecule has 0 radical (unpaired) electrons. The van der Waals surface area contributed by atoms with E-state index in [4.69, 9.17) is 4.74 Å². The second kappa shape index (κ2) is 9.83. The van der Waals surface area contributed by atoms with Gasteiger partial charge in [-0.15, -0.1) is 0 Å². The number of aryl methyl sites for hydroxylation is 2. The van der Waals surface area contributed by atoms with Gasteiger partial charge in [0.15, 0.2) is 6.61 Å². The van der Waals surface area contributed by atoms with Crippen molar-refractivity contribution in [2.24, 2.45) is 0 Å². The molecule has 2 aromatic carbocycles. The van der Waals surface area contributed by atoms with Crippen LogP contribution in [-0.4, -0.2) is 28.4 Å². The van der Waals surface area contributed by atoms with Crippen molar-refractivity contribution >= 4 is 22.7 Å². The van der Waals surface area contributed by atoms with Crippen LogP contribution in [0, 0.1) is 0 Å². The molecule has 0 fully saturated rings. The van der Waals surface area contributed by atoms with Gasteiger partial charge in [0.1, 0.15) is 0 Å². The summed E-state index contributed by atoms with van der Waals surface area (Å²) in [6.45, 7) is 3.33. The van der Waals surface area contributed by atoms with Gasteiger partial charge in [-0.05, 0) is 61.4 Å². The Morgan fingerprint density at radius 3 is 2.59 bits per heavy atom. The second-order valence-electron chi connectivity index (χ2n) is 7.23. The Balaban J connectivity index is 1.57. The number of amides is 1. The summed E-state index contributed by atoms with van der Waals surface area (Å²) in [5.41, 5.74) is 4.05. The number of rotatable bonds is 7. The fourth-order valence-electron chi connectivity index (χ4n) is 3.59. The summed E-state index contributed by atoms with van der Waals surface area (Å²) >= 11 is 0. The van der Waals surface area contributed by atoms with Crippen LogP contribution in [0.4, 0.5) is 0 Å². The lowest BCUT2D eigenvalue weighted by Crippen LogP contribution is -2.31. The van der Waals surface area contributed by atoms with Gasteiger partial charge in [0.05, 0.1) is 27.3 Å². The van der Waals surface area contributed by atoms with Crippen LogP contribution in [0.1, 0.15) is 59.8 Å². The van der Waals surface area contributed by atoms with Gasteiger partial charge >= 0.3 is 5.97 Å². The molecule has 0 unspecified atom stereocenters. The first-order chi connectivity index (χ1) is 14.0. The first-order valence-electron chi connectivity index (χ1n) is 10.0. The van der Waals surface area contributed by atoms with E-state index >= 15 is 0 Å². The molecule has 0 heterocycles. The number of ether oxygens (including phenoxy) is 1. The van der Waals surface area contributed by atoms with Crippen LogP contribution in [0.3, 0.4) is 0 Å². The first-order valence-corrected chi connectivity index (χ1v) is 11.4. The summed E-state index contributed by atoms with van der Waals surface area (Å²) in [5, 5.41) is 2.88. The highest BCUT2D eigenvalue weighted by Crippen LogP contribution is 2.24. The Hall–Kier alpha value is -2.47. The monoisotopic (exact) mass is 413 g/mol. The van der Waals surface area contributed by atoms with Crippen molar-refractivity contribution < 1.29 is 18.5 Å². The highest BCUT2D eigenvalue weighted by molar-refractivity contribution is 7.85. The van der Waals surface area contributed by atoms with Gasteiger partial charge in [0, 0.05) is 5.75 Å². The van der Waals surface area contributed by atoms with E-state index in [0.29, 0.717) is 10.6 Å². The second-order valence-corrected chi connectivity index (χ2v) is 8.94. The average Bonchev–Trinajstić information content (AvgIpc) is 2.76. The largest absolute Gasteiger partial charge is 0.452 e. The Labute approximate surface area is 174 Å². The molecule has 0 spiro atoms. The van der Waals surface area contributed by atoms with Crippen LogP contribution in [0.5, 0.6) is 0 Å². The molecule has 1 N–H and O–H groups in total. The van der Waals surface area contributed by atoms with E-state index < -0.39 is 16.8 Å². The minimum atomic E-state index is -1.27. The summed E-state index contributed by atoms with van der Waals surface area (Å²) in [6, 6.07) is 12.8. The van der Waals surface area contributed by atoms with Crippen LogP contribution < -0.4 is 5.32 Å². The van der Waals surface area contributed by atoms with Crippen LogP contribution in [-0.2, 0) is 33.2 Å². The zero-order chi connectivity index (χ0) is 20.8. The number of esters is 1. The molecule has 5 nitrogen and oxygen atoms in total. The van der Waals surface area contributed by atoms with Crippen molar-refractivity contribution in [3.63, 3.8) is 0 Å². The van der Waals surface area contributed by atoms with Crippen molar-refractivity contribution in [2.75, 3.05) is 12.4 Å². The van der Waals surface area contributed by atoms with Gasteiger partial charge in [-0.1, -0.05) is 37.3 Å². The number of benzene rings is 2. The Kier molecular flexibility index (Phi) is 7.20. The summed E-state index contributed by atoms with van der Waals surface area (Å²) in [4.78, 5) is 25.1. The number of hydrogen-bond donors (Lipinski definition) is 1. The molecule has 0 aromatic heterocycles. The summed E-state index contributed by atoms with van der Waals surface area (Å²) in [5.74, 6) is -0.597. The molecule has 2 atom stereocenters. The molecule has 154 valence electrons. The quantitative estimate of drug-likeness (QED) is 0.702. The Bertz CT molecular complexity index is 925. The van der Waals surface area contributed by atoms with Crippen molar-refractivity contribution in [1.82, 2.24) is 5.32 Å². The Morgan fingerprint density at radius 1 is 1.10 bits per heavy atom. The van der Waals surface area contributed by atoms with Crippen molar-refractivity contribution in [3.8, 4) is 0 Å². The first kappa shape index (κ1) is 21.2. The molecule has 1 aliphatic rings. The Morgan fingerprint density at radius 2 is 1.83 bits per heavy atom. The number of carbonyl (C=O) groups excluding carboxylic acids is 2. The van der Waals surface area contributed by atoms with Gasteiger partial charge in [-0.25, -0.2) is 4.79 Å². The van der Waals surface area contributed by atoms with E-state index in [0.717, 1.165) is 18.4 Å². The maximum absolute atomic E-state index is 12.4. The zero-order valence-electron chi connectivity index (χ0n) is 16.9. The van der Waals surface area contributed by atoms with E-state index in [1.807, 2.05) is 6.92 Å². The van der Waals surface area contributed by atoms with Gasteiger partial charge < -0.3 is 10.1 Å². The third-order valence-electron chi connectivity index (χ3n) is 5.20. The summed E-state index contributed by atoms with van der Waals surface area (Å²) < 4.78 is 17.3. The molecule has 29 heavy (non-hydrogen) atoms. The molecule has 1 amide bonds. The lowest BCUT2D eigenvalue weighted by molar-refractivity contribution is -0.124. The third kappa shape index (κ3) is 5.32. The van der Waals surface area contributed by atoms with E-state index in [1.165, 1.54) is 24.0 Å². The van der Waals surface area contributed by atoms with E-state index in [9.17, 15) is 13.8 Å². The van der Waals surface area contributed by atoms with Gasteiger partial charge in [-0.3, -0.25) is 9.00 Å². The molecular formula is C23H27NO4S. The lowest BCUT2D eigenvalue weighted by Gasteiger charge is -2.20. The van der Waals surface area contributed by atoms with Gasteiger partial charge in [0.2, 0.25) is 0 Å². The zero-order valence-corrected chi connectivity index (χ0v) is 17.7. The van der Waals surface area contributed by atoms with E-state index in [-0.39, 0.29) is 24.1 Å². The molecular weight excluding hydrogens is 386 g/mol. The molecule has 3 rings (SSSR count). The number of carbonyl (C=O) groups is 2. The normalized spacial score (nSPS) is 15.1. The molecule has 6 heteroatoms. The third-order valence-corrected chi connectivity index (χ3v) is 6.57. The fraction of sp³-hybridized carbons (Fsp3) is 0.391. The molecule has 0 bridgehead atoms. The molecule has 2 aromatic rings. The predicted octanol–water partition coefficient (Wildman–Crippen LogP) is 3.73. The molecule has 0 aliphatic heterocycles. The number of nitrogens with one attached hydrogen (secondary N) is 1. The SMILES string of the molecule is CC[S@](=O)c1ccccc1C(=O)OCC(=O)N[C@@H](C)c1ccc2c(c1)CCCC2. The van der Waals surface area contributed by atoms with Crippen LogP contribution in [0.2, 0.25) is 0 Å². The van der Waals surface area contributed by atoms with Crippen molar-refractivity contribution in [1.29, 1.82) is 0 Å². The maximum Gasteiger partial charge on any atom is 0.339 e. The van der Waals surface area contributed by atoms with Gasteiger partial charge in [-0.2, -0.15) is 0 Å². The summed E-state index contributed by atoms with van der Waals surface area (Å²) in [7, 11) is -1.27. The van der Waals surface area contributed by atoms with Crippen LogP contribution >= 0.6 is 0 Å². The van der Waals surface area contributed by atoms with Gasteiger partial charge in [0.25, 0.3) is 5.91 Å². The predicted molar refractivity (Wildman–Crippen MR) is 113 cm³/mol. The highest BCUT2D eigenvalue weighted by Gasteiger charge is 2.18. The smallest absolute Gasteiger partial charge is 0.339 e. The number of hydrogen-bond acceptors (Lipinski definition) is 4. The molecule has 0 saturated heterocycles. The van der Waals surface area contributed by atoms with Crippen molar-refractivity contribution in [2.45, 2.75) is 50.5 Å². The summed E-state index contributed by atoms with van der Waals surface area (Å²) in [6.07, 6.45) is 4.65. The van der Waals surface area contributed by atoms with Crippen molar-refractivity contribution in [3.05, 3.63) is 64.7 Å². The average molecular weight is 414 g/mol. The number of fused-ring (bicyclic) bond motifs is 1. The molecule has 1 aliphatic carbocycles. The maximum atomic E-state index is 12.4. The topological polar surface area (TPSA) is 72.5 Å². The van der Waals surface area contributed by atoms with Crippen LogP contribution in [0.25, 0.3) is 0 Å². The van der Waals surface area contributed by atoms with E-state index in [1.54, 1.807) is 31.2 Å². The fourth-order valence-corrected chi connectivity index (χ4v) is 4.53. The lowest BCUT2D eigenvalue weighted by atomic mass is 9.89. The van der Waals surface area contributed by atoms with Crippen LogP contribution in [0.15, 0.2) is 47.4 Å². The minimum absolute atomic E-state index is 0.173. The van der Waals surface area contributed by atoms with E-state index in [2.05, 4.69) is 23.5 Å². The highest BCUT2D eigenvalue weighted by atomic mass is 32.2. The standard InChI is InChI=1S/C23H27NO4S/c1-3-29(27)21-11-7-6-10-20(21)23(26)28-15-22(25)24-16(2)18-13-12-17-8-4-5-9-19(17)14-18/h6-7,10-14,16H,3-5,8-9,15H2,1-2H3,(H,24,25)/t16-,29-/m0/s1.